The largest absolute Gasteiger partial charge is 0.309 e. The van der Waals surface area contributed by atoms with Gasteiger partial charge in [-0.3, -0.25) is 9.97 Å². The van der Waals surface area contributed by atoms with Gasteiger partial charge >= 0.3 is 0 Å². The molecule has 4 aromatic heterocycles. The molecule has 5 aromatic carbocycles. The number of rotatable bonds is 6. The van der Waals surface area contributed by atoms with Crippen molar-refractivity contribution in [1.82, 2.24) is 19.5 Å². The molecule has 9 aromatic rings. The van der Waals surface area contributed by atoms with Crippen LogP contribution < -0.4 is 0 Å². The van der Waals surface area contributed by atoms with E-state index in [1.807, 2.05) is 42.9 Å². The molecular weight excluding hydrogens is 597 g/mol. The van der Waals surface area contributed by atoms with E-state index in [-0.39, 0.29) is 0 Å². The van der Waals surface area contributed by atoms with E-state index < -0.39 is 0 Å². The number of aromatic nitrogens is 4. The lowest BCUT2D eigenvalue weighted by Crippen LogP contribution is -1.93. The Morgan fingerprint density at radius 2 is 0.959 bits per heavy atom. The van der Waals surface area contributed by atoms with E-state index >= 15 is 0 Å². The van der Waals surface area contributed by atoms with Crippen molar-refractivity contribution >= 4 is 21.8 Å². The summed E-state index contributed by atoms with van der Waals surface area (Å²) >= 11 is 0. The topological polar surface area (TPSA) is 43.6 Å². The lowest BCUT2D eigenvalue weighted by molar-refractivity contribution is 1.17. The van der Waals surface area contributed by atoms with Crippen molar-refractivity contribution in [2.24, 2.45) is 0 Å². The number of hydrogen-bond donors (Lipinski definition) is 0. The summed E-state index contributed by atoms with van der Waals surface area (Å²) in [6, 6.07) is 57.5. The van der Waals surface area contributed by atoms with Gasteiger partial charge in [0.2, 0.25) is 0 Å². The van der Waals surface area contributed by atoms with Gasteiger partial charge in [-0.15, -0.1) is 0 Å². The molecule has 0 unspecified atom stereocenters. The molecule has 0 spiro atoms. The van der Waals surface area contributed by atoms with Crippen LogP contribution >= 0.6 is 0 Å². The lowest BCUT2D eigenvalue weighted by atomic mass is 9.97. The highest BCUT2D eigenvalue weighted by atomic mass is 15.0. The van der Waals surface area contributed by atoms with Crippen LogP contribution in [0.4, 0.5) is 0 Å². The summed E-state index contributed by atoms with van der Waals surface area (Å²) in [6.45, 7) is 0. The molecule has 0 saturated carbocycles. The van der Waals surface area contributed by atoms with Crippen molar-refractivity contribution in [3.63, 3.8) is 0 Å². The van der Waals surface area contributed by atoms with E-state index in [0.717, 1.165) is 67.0 Å². The lowest BCUT2D eigenvalue weighted by Gasteiger charge is -2.11. The Morgan fingerprint density at radius 3 is 1.69 bits per heavy atom. The van der Waals surface area contributed by atoms with Crippen LogP contribution in [-0.2, 0) is 0 Å². The highest BCUT2D eigenvalue weighted by Crippen LogP contribution is 2.36. The molecule has 0 radical (unpaired) electrons. The van der Waals surface area contributed by atoms with Gasteiger partial charge in [0.05, 0.1) is 28.1 Å². The SMILES string of the molecule is c1ccc(-c2ccc(-c3cc(-c4ccc(-c5ccc6c(c5)c5cnccc5n6-c5ccccc5)cc4)cc(-c4ccccn4)n3)cc2)cc1. The fraction of sp³-hybridized carbons (Fsp3) is 0. The maximum atomic E-state index is 5.08. The summed E-state index contributed by atoms with van der Waals surface area (Å²) in [6.07, 6.45) is 5.65. The van der Waals surface area contributed by atoms with Crippen molar-refractivity contribution in [1.29, 1.82) is 0 Å². The van der Waals surface area contributed by atoms with Crippen LogP contribution in [-0.4, -0.2) is 19.5 Å². The van der Waals surface area contributed by atoms with Gasteiger partial charge in [-0.2, -0.15) is 0 Å². The van der Waals surface area contributed by atoms with Gasteiger partial charge in [0.25, 0.3) is 0 Å². The van der Waals surface area contributed by atoms with Crippen LogP contribution in [0.1, 0.15) is 0 Å². The zero-order valence-electron chi connectivity index (χ0n) is 26.6. The fourth-order valence-electron chi connectivity index (χ4n) is 6.71. The van der Waals surface area contributed by atoms with E-state index in [4.69, 9.17) is 4.98 Å². The molecule has 0 amide bonds. The first-order valence-electron chi connectivity index (χ1n) is 16.4. The summed E-state index contributed by atoms with van der Waals surface area (Å²) in [4.78, 5) is 14.2. The summed E-state index contributed by atoms with van der Waals surface area (Å²) in [5, 5.41) is 2.33. The molecule has 49 heavy (non-hydrogen) atoms. The Kier molecular flexibility index (Phi) is 7.10. The molecule has 0 aliphatic heterocycles. The normalized spacial score (nSPS) is 11.3. The van der Waals surface area contributed by atoms with Gasteiger partial charge in [-0.05, 0) is 88.0 Å². The molecule has 0 N–H and O–H groups in total. The Balaban J connectivity index is 1.10. The average Bonchev–Trinajstić information content (AvgIpc) is 3.52. The highest BCUT2D eigenvalue weighted by molar-refractivity contribution is 6.10. The summed E-state index contributed by atoms with van der Waals surface area (Å²) < 4.78 is 2.31. The molecule has 9 rings (SSSR count). The Bertz CT molecular complexity index is 2560. The summed E-state index contributed by atoms with van der Waals surface area (Å²) in [7, 11) is 0. The van der Waals surface area contributed by atoms with Gasteiger partial charge in [0.1, 0.15) is 0 Å². The van der Waals surface area contributed by atoms with Gasteiger partial charge in [0.15, 0.2) is 0 Å². The Labute approximate surface area is 284 Å². The first-order chi connectivity index (χ1) is 24.3. The molecule has 4 heterocycles. The van der Waals surface area contributed by atoms with Crippen LogP contribution in [0.15, 0.2) is 182 Å². The van der Waals surface area contributed by atoms with E-state index in [0.29, 0.717) is 0 Å². The number of para-hydroxylation sites is 1. The van der Waals surface area contributed by atoms with Gasteiger partial charge < -0.3 is 4.57 Å². The van der Waals surface area contributed by atoms with Gasteiger partial charge in [-0.1, -0.05) is 109 Å². The molecular formula is C45H30N4. The quantitative estimate of drug-likeness (QED) is 0.184. The first-order valence-corrected chi connectivity index (χ1v) is 16.4. The van der Waals surface area contributed by atoms with Crippen LogP contribution in [0.25, 0.3) is 83.5 Å². The minimum atomic E-state index is 0.846. The van der Waals surface area contributed by atoms with Gasteiger partial charge in [-0.25, -0.2) is 4.98 Å². The average molecular weight is 627 g/mol. The molecule has 4 nitrogen and oxygen atoms in total. The Morgan fingerprint density at radius 1 is 0.367 bits per heavy atom. The number of hydrogen-bond acceptors (Lipinski definition) is 3. The molecule has 230 valence electrons. The van der Waals surface area contributed by atoms with Crippen LogP contribution in [0.5, 0.6) is 0 Å². The third-order valence-electron chi connectivity index (χ3n) is 9.17. The standard InChI is InChI=1S/C45H30N4/c1-3-9-31(10-4-1)32-18-20-35(21-19-32)42-28-37(29-43(48-42)41-13-7-8-25-47-41)34-16-14-33(15-17-34)36-22-23-44-39(27-36)40-30-46-26-24-45(40)49(44)38-11-5-2-6-12-38/h1-30H. The maximum Gasteiger partial charge on any atom is 0.0899 e. The molecule has 0 saturated heterocycles. The predicted octanol–water partition coefficient (Wildman–Crippen LogP) is 11.3. The number of nitrogens with zero attached hydrogens (tertiary/aromatic N) is 4. The number of fused-ring (bicyclic) bond motifs is 3. The minimum absolute atomic E-state index is 0.846. The summed E-state index contributed by atoms with van der Waals surface area (Å²) in [5.74, 6) is 0. The van der Waals surface area contributed by atoms with Crippen molar-refractivity contribution in [2.75, 3.05) is 0 Å². The van der Waals surface area contributed by atoms with E-state index in [1.54, 1.807) is 0 Å². The molecule has 0 bridgehead atoms. The molecule has 0 aliphatic carbocycles. The second-order valence-electron chi connectivity index (χ2n) is 12.2. The molecule has 0 atom stereocenters. The van der Waals surface area contributed by atoms with Crippen LogP contribution in [0.3, 0.4) is 0 Å². The Hall–Kier alpha value is -6.65. The molecule has 4 heteroatoms. The predicted molar refractivity (Wildman–Crippen MR) is 201 cm³/mol. The third-order valence-corrected chi connectivity index (χ3v) is 9.17. The van der Waals surface area contributed by atoms with E-state index in [9.17, 15) is 0 Å². The van der Waals surface area contributed by atoms with Crippen LogP contribution in [0.2, 0.25) is 0 Å². The molecule has 0 fully saturated rings. The monoisotopic (exact) mass is 626 g/mol. The summed E-state index contributed by atoms with van der Waals surface area (Å²) in [5.41, 5.74) is 14.0. The number of benzene rings is 5. The minimum Gasteiger partial charge on any atom is -0.309 e. The first kappa shape index (κ1) is 28.6. The smallest absolute Gasteiger partial charge is 0.0899 e. The number of pyridine rings is 3. The van der Waals surface area contributed by atoms with Crippen molar-refractivity contribution in [2.45, 2.75) is 0 Å². The third kappa shape index (κ3) is 5.35. The maximum absolute atomic E-state index is 5.08. The second-order valence-corrected chi connectivity index (χ2v) is 12.2. The van der Waals surface area contributed by atoms with Crippen LogP contribution in [0, 0.1) is 0 Å². The van der Waals surface area contributed by atoms with E-state index in [2.05, 4.69) is 154 Å². The van der Waals surface area contributed by atoms with Crippen molar-refractivity contribution in [3.8, 4) is 61.7 Å². The molecule has 0 aliphatic rings. The van der Waals surface area contributed by atoms with Crippen molar-refractivity contribution < 1.29 is 0 Å². The second kappa shape index (κ2) is 12.2. The van der Waals surface area contributed by atoms with Gasteiger partial charge in [0, 0.05) is 40.6 Å². The zero-order chi connectivity index (χ0) is 32.6. The fourth-order valence-corrected chi connectivity index (χ4v) is 6.71. The van der Waals surface area contributed by atoms with E-state index in [1.165, 1.54) is 16.5 Å². The zero-order valence-corrected chi connectivity index (χ0v) is 26.6. The van der Waals surface area contributed by atoms with Crippen molar-refractivity contribution in [3.05, 3.63) is 182 Å². The highest BCUT2D eigenvalue weighted by Gasteiger charge is 2.14.